The second-order valence-corrected chi connectivity index (χ2v) is 5.39. The molecule has 1 heterocycles. The number of piperidine rings is 1. The molecule has 1 aliphatic rings. The minimum absolute atomic E-state index is 0.0161. The molecule has 1 aliphatic heterocycles. The topological polar surface area (TPSA) is 67.4 Å². The molecule has 0 aromatic carbocycles. The van der Waals surface area contributed by atoms with Crippen molar-refractivity contribution < 1.29 is 14.3 Å². The largest absolute Gasteiger partial charge is 0.467 e. The maximum atomic E-state index is 12.1. The summed E-state index contributed by atoms with van der Waals surface area (Å²) in [6.45, 7) is 6.77. The van der Waals surface area contributed by atoms with E-state index < -0.39 is 6.04 Å². The lowest BCUT2D eigenvalue weighted by Gasteiger charge is -2.29. The predicted molar refractivity (Wildman–Crippen MR) is 69.0 cm³/mol. The van der Waals surface area contributed by atoms with Crippen molar-refractivity contribution >= 4 is 11.9 Å². The maximum Gasteiger partial charge on any atom is 0.328 e. The lowest BCUT2D eigenvalue weighted by molar-refractivity contribution is -0.146. The van der Waals surface area contributed by atoms with E-state index in [0.717, 1.165) is 19.4 Å². The fraction of sp³-hybridized carbons (Fsp3) is 0.846. The van der Waals surface area contributed by atoms with Gasteiger partial charge in [-0.1, -0.05) is 20.8 Å². The van der Waals surface area contributed by atoms with Gasteiger partial charge in [-0.3, -0.25) is 4.79 Å². The van der Waals surface area contributed by atoms with Crippen molar-refractivity contribution in [2.45, 2.75) is 45.7 Å². The molecule has 2 unspecified atom stereocenters. The number of rotatable bonds is 4. The van der Waals surface area contributed by atoms with Crippen LogP contribution in [0.5, 0.6) is 0 Å². The van der Waals surface area contributed by atoms with E-state index in [9.17, 15) is 9.59 Å². The monoisotopic (exact) mass is 256 g/mol. The summed E-state index contributed by atoms with van der Waals surface area (Å²) in [4.78, 5) is 23.7. The summed E-state index contributed by atoms with van der Waals surface area (Å²) < 4.78 is 4.71. The van der Waals surface area contributed by atoms with E-state index >= 15 is 0 Å². The van der Waals surface area contributed by atoms with Crippen molar-refractivity contribution in [2.24, 2.45) is 11.8 Å². The zero-order chi connectivity index (χ0) is 13.7. The molecule has 1 saturated heterocycles. The van der Waals surface area contributed by atoms with Gasteiger partial charge in [-0.2, -0.15) is 0 Å². The zero-order valence-corrected chi connectivity index (χ0v) is 11.7. The first-order valence-corrected chi connectivity index (χ1v) is 6.57. The van der Waals surface area contributed by atoms with Gasteiger partial charge < -0.3 is 15.4 Å². The third kappa shape index (κ3) is 3.98. The van der Waals surface area contributed by atoms with E-state index in [1.54, 1.807) is 0 Å². The predicted octanol–water partition coefficient (Wildman–Crippen LogP) is 0.688. The van der Waals surface area contributed by atoms with Crippen LogP contribution in [0.2, 0.25) is 0 Å². The van der Waals surface area contributed by atoms with Gasteiger partial charge in [-0.15, -0.1) is 0 Å². The Kier molecular flexibility index (Phi) is 5.59. The molecule has 18 heavy (non-hydrogen) atoms. The van der Waals surface area contributed by atoms with E-state index in [1.165, 1.54) is 7.11 Å². The molecule has 2 N–H and O–H groups in total. The van der Waals surface area contributed by atoms with Crippen LogP contribution in [0.15, 0.2) is 0 Å². The van der Waals surface area contributed by atoms with Gasteiger partial charge in [0.05, 0.1) is 13.2 Å². The average Bonchev–Trinajstić information content (AvgIpc) is 2.34. The first kappa shape index (κ1) is 15.0. The molecule has 1 fully saturated rings. The molecule has 0 aromatic heterocycles. The zero-order valence-electron chi connectivity index (χ0n) is 11.7. The van der Waals surface area contributed by atoms with Crippen molar-refractivity contribution in [1.29, 1.82) is 0 Å². The summed E-state index contributed by atoms with van der Waals surface area (Å²) in [6.07, 6.45) is 1.91. The highest BCUT2D eigenvalue weighted by atomic mass is 16.5. The van der Waals surface area contributed by atoms with Gasteiger partial charge in [0.25, 0.3) is 0 Å². The van der Waals surface area contributed by atoms with Crippen LogP contribution in [-0.2, 0) is 14.3 Å². The number of hydrogen-bond donors (Lipinski definition) is 2. The van der Waals surface area contributed by atoms with Crippen LogP contribution in [0.3, 0.4) is 0 Å². The van der Waals surface area contributed by atoms with Gasteiger partial charge in [0.2, 0.25) is 5.91 Å². The van der Waals surface area contributed by atoms with Crippen LogP contribution in [0.25, 0.3) is 0 Å². The minimum Gasteiger partial charge on any atom is -0.467 e. The van der Waals surface area contributed by atoms with Crippen molar-refractivity contribution in [3.63, 3.8) is 0 Å². The van der Waals surface area contributed by atoms with Crippen LogP contribution in [0, 0.1) is 11.8 Å². The van der Waals surface area contributed by atoms with E-state index in [2.05, 4.69) is 17.6 Å². The second kappa shape index (κ2) is 6.73. The Morgan fingerprint density at radius 3 is 2.56 bits per heavy atom. The highest BCUT2D eigenvalue weighted by Crippen LogP contribution is 2.15. The number of ether oxygens (including phenoxy) is 1. The van der Waals surface area contributed by atoms with Gasteiger partial charge in [0, 0.05) is 0 Å². The summed E-state index contributed by atoms with van der Waals surface area (Å²) in [5.41, 5.74) is 0. The fourth-order valence-electron chi connectivity index (χ4n) is 2.19. The summed E-state index contributed by atoms with van der Waals surface area (Å²) in [7, 11) is 1.34. The number of hydrogen-bond acceptors (Lipinski definition) is 4. The molecule has 0 saturated carbocycles. The molecule has 104 valence electrons. The van der Waals surface area contributed by atoms with Gasteiger partial charge in [-0.05, 0) is 31.2 Å². The number of amides is 1. The van der Waals surface area contributed by atoms with Crippen LogP contribution in [0.4, 0.5) is 0 Å². The Balaban J connectivity index is 2.58. The third-order valence-electron chi connectivity index (χ3n) is 3.40. The van der Waals surface area contributed by atoms with E-state index in [1.807, 2.05) is 13.8 Å². The Morgan fingerprint density at radius 1 is 1.39 bits per heavy atom. The molecule has 0 bridgehead atoms. The highest BCUT2D eigenvalue weighted by molar-refractivity contribution is 5.87. The Bertz CT molecular complexity index is 305. The number of carbonyl (C=O) groups excluding carboxylic acids is 2. The Labute approximate surface area is 109 Å². The van der Waals surface area contributed by atoms with E-state index in [-0.39, 0.29) is 23.8 Å². The van der Waals surface area contributed by atoms with Crippen LogP contribution < -0.4 is 10.6 Å². The maximum absolute atomic E-state index is 12.1. The quantitative estimate of drug-likeness (QED) is 0.726. The SMILES string of the molecule is COC(=O)[C@@H](NC(=O)C1CC(C)CCN1)C(C)C. The molecule has 1 amide bonds. The number of esters is 1. The Hall–Kier alpha value is -1.10. The molecular weight excluding hydrogens is 232 g/mol. The van der Waals surface area contributed by atoms with Crippen LogP contribution in [0.1, 0.15) is 33.6 Å². The number of methoxy groups -OCH3 is 1. The number of carbonyl (C=O) groups is 2. The third-order valence-corrected chi connectivity index (χ3v) is 3.40. The van der Waals surface area contributed by atoms with Crippen LogP contribution >= 0.6 is 0 Å². The smallest absolute Gasteiger partial charge is 0.328 e. The second-order valence-electron chi connectivity index (χ2n) is 5.39. The fourth-order valence-corrected chi connectivity index (χ4v) is 2.19. The van der Waals surface area contributed by atoms with E-state index in [4.69, 9.17) is 4.74 Å². The first-order valence-electron chi connectivity index (χ1n) is 6.57. The molecule has 5 heteroatoms. The van der Waals surface area contributed by atoms with Crippen molar-refractivity contribution in [3.05, 3.63) is 0 Å². The van der Waals surface area contributed by atoms with Gasteiger partial charge >= 0.3 is 5.97 Å². The average molecular weight is 256 g/mol. The van der Waals surface area contributed by atoms with E-state index in [0.29, 0.717) is 5.92 Å². The molecular formula is C13H24N2O3. The molecule has 5 nitrogen and oxygen atoms in total. The van der Waals surface area contributed by atoms with Crippen molar-refractivity contribution in [1.82, 2.24) is 10.6 Å². The lowest BCUT2D eigenvalue weighted by Crippen LogP contribution is -2.54. The molecule has 0 radical (unpaired) electrons. The van der Waals surface area contributed by atoms with Crippen LogP contribution in [-0.4, -0.2) is 37.6 Å². The van der Waals surface area contributed by atoms with Gasteiger partial charge in [-0.25, -0.2) is 4.79 Å². The number of nitrogens with one attached hydrogen (secondary N) is 2. The molecule has 0 aromatic rings. The van der Waals surface area contributed by atoms with Gasteiger partial charge in [0.1, 0.15) is 6.04 Å². The first-order chi connectivity index (χ1) is 8.45. The molecule has 0 spiro atoms. The Morgan fingerprint density at radius 2 is 2.06 bits per heavy atom. The molecule has 0 aliphatic carbocycles. The van der Waals surface area contributed by atoms with Crippen molar-refractivity contribution in [2.75, 3.05) is 13.7 Å². The molecule has 1 rings (SSSR count). The molecule has 3 atom stereocenters. The summed E-state index contributed by atoms with van der Waals surface area (Å²) in [5.74, 6) is 0.0629. The highest BCUT2D eigenvalue weighted by Gasteiger charge is 2.30. The summed E-state index contributed by atoms with van der Waals surface area (Å²) >= 11 is 0. The summed E-state index contributed by atoms with van der Waals surface area (Å²) in [6, 6.07) is -0.763. The normalized spacial score (nSPS) is 25.6. The minimum atomic E-state index is -0.568. The van der Waals surface area contributed by atoms with Gasteiger partial charge in [0.15, 0.2) is 0 Å². The summed E-state index contributed by atoms with van der Waals surface area (Å²) in [5, 5.41) is 5.97. The standard InChI is InChI=1S/C13H24N2O3/c1-8(2)11(13(17)18-4)15-12(16)10-7-9(3)5-6-14-10/h8-11,14H,5-7H2,1-4H3,(H,15,16)/t9?,10?,11-/m0/s1. The lowest BCUT2D eigenvalue weighted by atomic mass is 9.93. The van der Waals surface area contributed by atoms with Crippen molar-refractivity contribution in [3.8, 4) is 0 Å².